The Morgan fingerprint density at radius 3 is 2.68 bits per heavy atom. The number of ether oxygens (including phenoxy) is 1. The van der Waals surface area contributed by atoms with Gasteiger partial charge in [-0.2, -0.15) is 0 Å². The van der Waals surface area contributed by atoms with E-state index >= 15 is 0 Å². The Bertz CT molecular complexity index is 992. The van der Waals surface area contributed by atoms with Crippen molar-refractivity contribution < 1.29 is 19.4 Å². The molecule has 6 N–H and O–H groups in total. The average molecular weight is 496 g/mol. The van der Waals surface area contributed by atoms with Gasteiger partial charge in [-0.3, -0.25) is 4.99 Å². The molecule has 13 nitrogen and oxygen atoms in total. The number of aromatic nitrogens is 4. The van der Waals surface area contributed by atoms with Crippen LogP contribution in [0.25, 0.3) is 11.2 Å². The largest absolute Gasteiger partial charge is 0.480 e. The minimum Gasteiger partial charge on any atom is -0.480 e. The molecule has 0 radical (unpaired) electrons. The fourth-order valence-corrected chi connectivity index (χ4v) is 3.83. The maximum Gasteiger partial charge on any atom is 0.407 e. The van der Waals surface area contributed by atoms with Crippen LogP contribution in [0.1, 0.15) is 32.1 Å². The number of aryl methyl sites for hydroxylation is 1. The molecule has 0 aliphatic rings. The number of guanidine groups is 1. The number of hydrogen-bond acceptors (Lipinski definition) is 9. The number of alkyl carbamates (subject to hydrolysis) is 1. The van der Waals surface area contributed by atoms with Gasteiger partial charge in [0.25, 0.3) is 0 Å². The number of unbranched alkanes of at least 4 members (excludes halogenated alkanes) is 2. The number of nitrogens with two attached hydrogens (primary N) is 2. The summed E-state index contributed by atoms with van der Waals surface area (Å²) in [5.74, 6) is -0.425. The number of fused-ring (bicyclic) bond motifs is 1. The third kappa shape index (κ3) is 7.93. The first kappa shape index (κ1) is 27.0. The molecule has 0 bridgehead atoms. The number of aliphatic carboxylic acids is 1. The lowest BCUT2D eigenvalue weighted by Gasteiger charge is -2.14. The van der Waals surface area contributed by atoms with E-state index in [1.165, 1.54) is 6.33 Å². The number of imidazole rings is 1. The summed E-state index contributed by atoms with van der Waals surface area (Å²) in [4.78, 5) is 42.4. The lowest BCUT2D eigenvalue weighted by molar-refractivity contribution is -0.139. The average Bonchev–Trinajstić information content (AvgIpc) is 3.15. The molecule has 0 fully saturated rings. The Labute approximate surface area is 202 Å². The molecule has 0 aliphatic carbocycles. The van der Waals surface area contributed by atoms with Crippen molar-refractivity contribution >= 4 is 46.8 Å². The summed E-state index contributed by atoms with van der Waals surface area (Å²) in [6.07, 6.45) is 5.66. The van der Waals surface area contributed by atoms with E-state index in [1.54, 1.807) is 11.8 Å². The van der Waals surface area contributed by atoms with Crippen LogP contribution in [0.4, 0.5) is 10.6 Å². The quantitative estimate of drug-likeness (QED) is 0.127. The Morgan fingerprint density at radius 1 is 1.26 bits per heavy atom. The lowest BCUT2D eigenvalue weighted by atomic mass is 10.1. The molecule has 1 amide bonds. The standard InChI is InChI=1S/C20H33N9O4S/c1-28(2)15-14-16(25-12-24-15)29(19(27-14)34-3)10-5-4-6-11-33-20(32)26-13(17(30)31)8-7-9-23-18(21)22/h12-13H,4-11H2,1-3H3,(H,26,32)(H,30,31)(H4,21,22,23). The van der Waals surface area contributed by atoms with E-state index in [9.17, 15) is 14.7 Å². The zero-order valence-corrected chi connectivity index (χ0v) is 20.5. The normalized spacial score (nSPS) is 11.7. The first-order valence-corrected chi connectivity index (χ1v) is 12.1. The minimum atomic E-state index is -1.14. The first-order chi connectivity index (χ1) is 16.2. The van der Waals surface area contributed by atoms with Crippen LogP contribution in [0, 0.1) is 0 Å². The maximum absolute atomic E-state index is 11.9. The Hall–Kier alpha value is -3.29. The predicted molar refractivity (Wildman–Crippen MR) is 131 cm³/mol. The van der Waals surface area contributed by atoms with E-state index in [1.807, 2.05) is 25.3 Å². The highest BCUT2D eigenvalue weighted by Crippen LogP contribution is 2.26. The van der Waals surface area contributed by atoms with Crippen molar-refractivity contribution in [2.24, 2.45) is 16.5 Å². The minimum absolute atomic E-state index is 0.0586. The van der Waals surface area contributed by atoms with Crippen LogP contribution in [0.3, 0.4) is 0 Å². The number of carbonyl (C=O) groups excluding carboxylic acids is 1. The highest BCUT2D eigenvalue weighted by atomic mass is 32.2. The van der Waals surface area contributed by atoms with Gasteiger partial charge in [0.15, 0.2) is 28.1 Å². The molecule has 0 saturated heterocycles. The second-order valence-electron chi connectivity index (χ2n) is 7.69. The number of carbonyl (C=O) groups is 2. The van der Waals surface area contributed by atoms with E-state index in [4.69, 9.17) is 16.2 Å². The number of carboxylic acids is 1. The molecule has 2 aromatic heterocycles. The van der Waals surface area contributed by atoms with Crippen LogP contribution < -0.4 is 21.7 Å². The van der Waals surface area contributed by atoms with Crippen molar-refractivity contribution in [2.45, 2.75) is 49.8 Å². The monoisotopic (exact) mass is 495 g/mol. The number of nitrogens with one attached hydrogen (secondary N) is 1. The summed E-state index contributed by atoms with van der Waals surface area (Å²) in [6, 6.07) is -1.06. The summed E-state index contributed by atoms with van der Waals surface area (Å²) in [5.41, 5.74) is 12.0. The number of thioether (sulfide) groups is 1. The fraction of sp³-hybridized carbons (Fsp3) is 0.600. The number of amides is 1. The molecular formula is C20H33N9O4S. The van der Waals surface area contributed by atoms with Gasteiger partial charge in [0.1, 0.15) is 12.4 Å². The molecule has 14 heteroatoms. The van der Waals surface area contributed by atoms with Crippen LogP contribution in [0.2, 0.25) is 0 Å². The van der Waals surface area contributed by atoms with E-state index in [-0.39, 0.29) is 25.5 Å². The highest BCUT2D eigenvalue weighted by Gasteiger charge is 2.20. The van der Waals surface area contributed by atoms with Gasteiger partial charge in [-0.1, -0.05) is 11.8 Å². The first-order valence-electron chi connectivity index (χ1n) is 10.9. The second-order valence-corrected chi connectivity index (χ2v) is 8.47. The molecule has 188 valence electrons. The smallest absolute Gasteiger partial charge is 0.407 e. The van der Waals surface area contributed by atoms with Gasteiger partial charge in [-0.25, -0.2) is 24.5 Å². The summed E-state index contributed by atoms with van der Waals surface area (Å²) >= 11 is 1.55. The van der Waals surface area contributed by atoms with Gasteiger partial charge in [-0.15, -0.1) is 0 Å². The van der Waals surface area contributed by atoms with E-state index in [0.717, 1.165) is 41.5 Å². The Morgan fingerprint density at radius 2 is 2.03 bits per heavy atom. The van der Waals surface area contributed by atoms with Crippen molar-refractivity contribution in [3.05, 3.63) is 6.33 Å². The second kappa shape index (κ2) is 13.4. The number of anilines is 1. The number of nitrogens with zero attached hydrogens (tertiary/aromatic N) is 6. The van der Waals surface area contributed by atoms with Gasteiger partial charge >= 0.3 is 12.1 Å². The van der Waals surface area contributed by atoms with Crippen molar-refractivity contribution in [1.29, 1.82) is 0 Å². The Balaban J connectivity index is 1.76. The van der Waals surface area contributed by atoms with Crippen LogP contribution in [0.5, 0.6) is 0 Å². The van der Waals surface area contributed by atoms with E-state index in [0.29, 0.717) is 12.8 Å². The number of hydrogen-bond donors (Lipinski definition) is 4. The predicted octanol–water partition coefficient (Wildman–Crippen LogP) is 1.02. The highest BCUT2D eigenvalue weighted by molar-refractivity contribution is 7.98. The van der Waals surface area contributed by atoms with Crippen molar-refractivity contribution in [2.75, 3.05) is 38.4 Å². The number of aliphatic imine (C=N–C) groups is 1. The van der Waals surface area contributed by atoms with E-state index < -0.39 is 18.1 Å². The third-order valence-corrected chi connectivity index (χ3v) is 5.56. The molecule has 34 heavy (non-hydrogen) atoms. The summed E-state index contributed by atoms with van der Waals surface area (Å²) in [7, 11) is 3.84. The molecule has 1 unspecified atom stereocenters. The number of carboxylic acid groups (broad SMARTS) is 1. The SMILES string of the molecule is CSc1nc2c(N(C)C)ncnc2n1CCCCCOC(=O)NC(CCCN=C(N)N)C(=O)O. The van der Waals surface area contributed by atoms with Gasteiger partial charge in [-0.05, 0) is 38.4 Å². The topological polar surface area (TPSA) is 187 Å². The van der Waals surface area contributed by atoms with Crippen LogP contribution in [0.15, 0.2) is 16.5 Å². The van der Waals surface area contributed by atoms with Gasteiger partial charge in [0.05, 0.1) is 6.61 Å². The molecule has 2 rings (SSSR count). The van der Waals surface area contributed by atoms with E-state index in [2.05, 4.69) is 29.8 Å². The van der Waals surface area contributed by atoms with Crippen molar-refractivity contribution in [1.82, 2.24) is 24.8 Å². The molecular weight excluding hydrogens is 462 g/mol. The Kier molecular flexibility index (Phi) is 10.6. The van der Waals surface area contributed by atoms with Gasteiger partial charge < -0.3 is 36.1 Å². The molecule has 0 spiro atoms. The maximum atomic E-state index is 11.9. The van der Waals surface area contributed by atoms with Crippen LogP contribution >= 0.6 is 11.8 Å². The van der Waals surface area contributed by atoms with Crippen molar-refractivity contribution in [3.63, 3.8) is 0 Å². The summed E-state index contributed by atoms with van der Waals surface area (Å²) < 4.78 is 7.20. The van der Waals surface area contributed by atoms with Gasteiger partial charge in [0.2, 0.25) is 0 Å². The molecule has 1 atom stereocenters. The molecule has 0 saturated carbocycles. The van der Waals surface area contributed by atoms with Crippen LogP contribution in [-0.2, 0) is 16.1 Å². The molecule has 2 heterocycles. The molecule has 0 aromatic carbocycles. The van der Waals surface area contributed by atoms with Gasteiger partial charge in [0, 0.05) is 27.2 Å². The lowest BCUT2D eigenvalue weighted by Crippen LogP contribution is -2.41. The third-order valence-electron chi connectivity index (χ3n) is 4.88. The summed E-state index contributed by atoms with van der Waals surface area (Å²) in [6.45, 7) is 1.20. The summed E-state index contributed by atoms with van der Waals surface area (Å²) in [5, 5.41) is 12.5. The molecule has 0 aliphatic heterocycles. The zero-order chi connectivity index (χ0) is 25.1. The number of rotatable bonds is 14. The van der Waals surface area contributed by atoms with Crippen LogP contribution in [-0.4, -0.2) is 82.2 Å². The van der Waals surface area contributed by atoms with Crippen molar-refractivity contribution in [3.8, 4) is 0 Å². The molecule has 2 aromatic rings. The fourth-order valence-electron chi connectivity index (χ4n) is 3.25. The zero-order valence-electron chi connectivity index (χ0n) is 19.7.